The number of piperidine rings is 1. The Morgan fingerprint density at radius 3 is 2.89 bits per heavy atom. The average Bonchev–Trinajstić information content (AvgIpc) is 2.35. The summed E-state index contributed by atoms with van der Waals surface area (Å²) >= 11 is 3.07. The van der Waals surface area contributed by atoms with Gasteiger partial charge in [-0.25, -0.2) is 4.39 Å². The van der Waals surface area contributed by atoms with E-state index < -0.39 is 5.82 Å². The first kappa shape index (κ1) is 16.4. The summed E-state index contributed by atoms with van der Waals surface area (Å²) in [6.07, 6.45) is 0.909. The Hall–Kier alpha value is -0.650. The smallest absolute Gasteiger partial charge is 0.251 e. The molecule has 0 radical (unpaired) electrons. The molecule has 3 nitrogen and oxygen atoms in total. The van der Waals surface area contributed by atoms with E-state index >= 15 is 0 Å². The molecule has 1 saturated heterocycles. The first-order valence-corrected chi connectivity index (χ1v) is 6.84. The third kappa shape index (κ3) is 4.16. The van der Waals surface area contributed by atoms with E-state index in [0.717, 1.165) is 19.5 Å². The van der Waals surface area contributed by atoms with Crippen molar-refractivity contribution in [3.8, 4) is 0 Å². The molecule has 0 aliphatic carbocycles. The number of amides is 1. The molecule has 1 aromatic rings. The molecule has 1 aliphatic heterocycles. The average molecular weight is 352 g/mol. The number of hydrogen-bond donors (Lipinski definition) is 2. The molecule has 0 saturated carbocycles. The van der Waals surface area contributed by atoms with Crippen molar-refractivity contribution in [1.29, 1.82) is 0 Å². The lowest BCUT2D eigenvalue weighted by atomic mass is 9.95. The van der Waals surface area contributed by atoms with E-state index in [4.69, 9.17) is 0 Å². The third-order valence-electron chi connectivity index (χ3n) is 3.28. The van der Waals surface area contributed by atoms with Gasteiger partial charge in [0.15, 0.2) is 0 Å². The van der Waals surface area contributed by atoms with Crippen molar-refractivity contribution in [2.45, 2.75) is 19.4 Å². The Morgan fingerprint density at radius 2 is 2.26 bits per heavy atom. The Morgan fingerprint density at radius 1 is 1.53 bits per heavy atom. The zero-order valence-corrected chi connectivity index (χ0v) is 13.0. The molecule has 1 aromatic carbocycles. The zero-order valence-electron chi connectivity index (χ0n) is 10.6. The van der Waals surface area contributed by atoms with Crippen LogP contribution in [0.5, 0.6) is 0 Å². The van der Waals surface area contributed by atoms with Gasteiger partial charge in [-0.2, -0.15) is 0 Å². The Balaban J connectivity index is 0.00000180. The monoisotopic (exact) mass is 350 g/mol. The van der Waals surface area contributed by atoms with Gasteiger partial charge in [-0.1, -0.05) is 6.92 Å². The highest BCUT2D eigenvalue weighted by molar-refractivity contribution is 9.10. The molecule has 2 atom stereocenters. The highest BCUT2D eigenvalue weighted by Gasteiger charge is 2.23. The number of carbonyl (C=O) groups is 1. The van der Waals surface area contributed by atoms with Gasteiger partial charge in [-0.3, -0.25) is 4.79 Å². The van der Waals surface area contributed by atoms with Crippen molar-refractivity contribution in [2.24, 2.45) is 5.92 Å². The second kappa shape index (κ2) is 7.22. The molecule has 0 spiro atoms. The van der Waals surface area contributed by atoms with Gasteiger partial charge in [0.25, 0.3) is 5.91 Å². The van der Waals surface area contributed by atoms with Crippen LogP contribution in [0.3, 0.4) is 0 Å². The van der Waals surface area contributed by atoms with E-state index in [9.17, 15) is 9.18 Å². The molecule has 2 rings (SSSR count). The zero-order chi connectivity index (χ0) is 13.1. The van der Waals surface area contributed by atoms with Gasteiger partial charge in [0, 0.05) is 11.6 Å². The molecular formula is C13H17BrClFN2O. The number of nitrogens with one attached hydrogen (secondary N) is 2. The summed E-state index contributed by atoms with van der Waals surface area (Å²) in [5.41, 5.74) is 0.362. The third-order valence-corrected chi connectivity index (χ3v) is 3.93. The predicted octanol–water partition coefficient (Wildman–Crippen LogP) is 2.74. The molecule has 0 bridgehead atoms. The Bertz CT molecular complexity index is 458. The van der Waals surface area contributed by atoms with Crippen LogP contribution in [-0.4, -0.2) is 25.0 Å². The molecule has 2 N–H and O–H groups in total. The minimum atomic E-state index is -0.416. The van der Waals surface area contributed by atoms with Crippen molar-refractivity contribution in [1.82, 2.24) is 10.6 Å². The highest BCUT2D eigenvalue weighted by atomic mass is 79.9. The lowest BCUT2D eigenvalue weighted by Crippen LogP contribution is -2.48. The van der Waals surface area contributed by atoms with Crippen LogP contribution in [0.2, 0.25) is 0 Å². The summed E-state index contributed by atoms with van der Waals surface area (Å²) in [5, 5.41) is 6.25. The van der Waals surface area contributed by atoms with E-state index in [1.165, 1.54) is 6.07 Å². The summed E-state index contributed by atoms with van der Waals surface area (Å²) in [7, 11) is 0. The summed E-state index contributed by atoms with van der Waals surface area (Å²) < 4.78 is 13.7. The van der Waals surface area contributed by atoms with E-state index in [-0.39, 0.29) is 24.4 Å². The van der Waals surface area contributed by atoms with Crippen LogP contribution in [0.15, 0.2) is 22.7 Å². The van der Waals surface area contributed by atoms with Crippen molar-refractivity contribution in [2.75, 3.05) is 13.1 Å². The normalized spacial score (nSPS) is 22.5. The van der Waals surface area contributed by atoms with Crippen LogP contribution in [0.25, 0.3) is 0 Å². The first-order chi connectivity index (χ1) is 8.58. The predicted molar refractivity (Wildman–Crippen MR) is 79.3 cm³/mol. The van der Waals surface area contributed by atoms with Gasteiger partial charge in [-0.15, -0.1) is 12.4 Å². The van der Waals surface area contributed by atoms with Gasteiger partial charge >= 0.3 is 0 Å². The molecule has 2 unspecified atom stereocenters. The number of hydrogen-bond acceptors (Lipinski definition) is 2. The number of benzene rings is 1. The van der Waals surface area contributed by atoms with Crippen molar-refractivity contribution >= 4 is 34.2 Å². The van der Waals surface area contributed by atoms with Gasteiger partial charge < -0.3 is 10.6 Å². The molecule has 106 valence electrons. The second-order valence-electron chi connectivity index (χ2n) is 4.68. The summed E-state index contributed by atoms with van der Waals surface area (Å²) in [6.45, 7) is 3.91. The number of carbonyl (C=O) groups excluding carboxylic acids is 1. The summed E-state index contributed by atoms with van der Waals surface area (Å²) in [5.74, 6) is -0.232. The SMILES string of the molecule is CC1CNCCC1NC(=O)c1ccc(Br)c(F)c1.Cl. The number of halogens is 3. The van der Waals surface area contributed by atoms with Crippen LogP contribution in [0.4, 0.5) is 4.39 Å². The highest BCUT2D eigenvalue weighted by Crippen LogP contribution is 2.17. The van der Waals surface area contributed by atoms with E-state index in [0.29, 0.717) is 16.0 Å². The molecule has 1 heterocycles. The molecule has 6 heteroatoms. The maximum Gasteiger partial charge on any atom is 0.251 e. The lowest BCUT2D eigenvalue weighted by molar-refractivity contribution is 0.0913. The number of rotatable bonds is 2. The maximum atomic E-state index is 13.4. The molecule has 1 amide bonds. The van der Waals surface area contributed by atoms with E-state index in [1.54, 1.807) is 12.1 Å². The largest absolute Gasteiger partial charge is 0.349 e. The van der Waals surface area contributed by atoms with E-state index in [1.807, 2.05) is 0 Å². The molecule has 1 fully saturated rings. The maximum absolute atomic E-state index is 13.4. The van der Waals surface area contributed by atoms with Crippen molar-refractivity contribution < 1.29 is 9.18 Å². The van der Waals surface area contributed by atoms with Crippen LogP contribution in [0.1, 0.15) is 23.7 Å². The molecule has 19 heavy (non-hydrogen) atoms. The van der Waals surface area contributed by atoms with Gasteiger partial charge in [0.05, 0.1) is 4.47 Å². The van der Waals surface area contributed by atoms with Crippen LogP contribution in [-0.2, 0) is 0 Å². The fourth-order valence-corrected chi connectivity index (χ4v) is 2.36. The molecule has 0 aromatic heterocycles. The minimum Gasteiger partial charge on any atom is -0.349 e. The fourth-order valence-electron chi connectivity index (χ4n) is 2.12. The second-order valence-corrected chi connectivity index (χ2v) is 5.53. The van der Waals surface area contributed by atoms with Crippen molar-refractivity contribution in [3.63, 3.8) is 0 Å². The minimum absolute atomic E-state index is 0. The fraction of sp³-hybridized carbons (Fsp3) is 0.462. The lowest BCUT2D eigenvalue weighted by Gasteiger charge is -2.30. The first-order valence-electron chi connectivity index (χ1n) is 6.04. The van der Waals surface area contributed by atoms with Gasteiger partial charge in [-0.05, 0) is 59.6 Å². The van der Waals surface area contributed by atoms with Crippen LogP contribution in [0, 0.1) is 11.7 Å². The molecular weight excluding hydrogens is 335 g/mol. The quantitative estimate of drug-likeness (QED) is 0.860. The van der Waals surface area contributed by atoms with Crippen LogP contribution >= 0.6 is 28.3 Å². The van der Waals surface area contributed by atoms with Gasteiger partial charge in [0.2, 0.25) is 0 Å². The Labute approximate surface area is 126 Å². The summed E-state index contributed by atoms with van der Waals surface area (Å²) in [6, 6.07) is 4.58. The van der Waals surface area contributed by atoms with Gasteiger partial charge in [0.1, 0.15) is 5.82 Å². The summed E-state index contributed by atoms with van der Waals surface area (Å²) in [4.78, 5) is 12.0. The van der Waals surface area contributed by atoms with Crippen LogP contribution < -0.4 is 10.6 Å². The van der Waals surface area contributed by atoms with Crippen molar-refractivity contribution in [3.05, 3.63) is 34.1 Å². The molecule has 1 aliphatic rings. The standard InChI is InChI=1S/C13H16BrFN2O.ClH/c1-8-7-16-5-4-12(8)17-13(18)9-2-3-10(14)11(15)6-9;/h2-3,6,8,12,16H,4-5,7H2,1H3,(H,17,18);1H. The van der Waals surface area contributed by atoms with E-state index in [2.05, 4.69) is 33.5 Å². The Kier molecular flexibility index (Phi) is 6.23. The topological polar surface area (TPSA) is 41.1 Å².